The van der Waals surface area contributed by atoms with E-state index < -0.39 is 0 Å². The zero-order valence-corrected chi connectivity index (χ0v) is 18.6. The molecule has 0 saturated carbocycles. The molecule has 7 nitrogen and oxygen atoms in total. The Labute approximate surface area is 183 Å². The van der Waals surface area contributed by atoms with Crippen LogP contribution in [0.2, 0.25) is 0 Å². The van der Waals surface area contributed by atoms with Gasteiger partial charge in [0.1, 0.15) is 0 Å². The fraction of sp³-hybridized carbons (Fsp3) is 0.500. The Morgan fingerprint density at radius 1 is 1.19 bits per heavy atom. The van der Waals surface area contributed by atoms with Crippen molar-refractivity contribution in [2.45, 2.75) is 77.2 Å². The highest BCUT2D eigenvalue weighted by molar-refractivity contribution is 5.94. The lowest BCUT2D eigenvalue weighted by Crippen LogP contribution is -2.32. The third kappa shape index (κ3) is 4.86. The molecule has 4 rings (SSSR count). The molecule has 1 aliphatic heterocycles. The van der Waals surface area contributed by atoms with Crippen molar-refractivity contribution in [1.29, 1.82) is 0 Å². The fourth-order valence-corrected chi connectivity index (χ4v) is 4.25. The van der Waals surface area contributed by atoms with Gasteiger partial charge in [-0.15, -0.1) is 0 Å². The predicted octanol–water partition coefficient (Wildman–Crippen LogP) is 3.71. The predicted molar refractivity (Wildman–Crippen MR) is 120 cm³/mol. The average molecular weight is 422 g/mol. The Morgan fingerprint density at radius 2 is 1.97 bits per heavy atom. The summed E-state index contributed by atoms with van der Waals surface area (Å²) in [6.45, 7) is 6.63. The molecule has 0 saturated heterocycles. The van der Waals surface area contributed by atoms with Crippen LogP contribution in [0.4, 0.5) is 0 Å². The number of fused-ring (bicyclic) bond motifs is 1. The largest absolute Gasteiger partial charge is 0.349 e. The van der Waals surface area contributed by atoms with Gasteiger partial charge in [0.25, 0.3) is 0 Å². The average Bonchev–Trinajstić information content (AvgIpc) is 3.18. The van der Waals surface area contributed by atoms with E-state index in [1.807, 2.05) is 10.9 Å². The van der Waals surface area contributed by atoms with Crippen LogP contribution in [0.5, 0.6) is 0 Å². The first kappa shape index (κ1) is 21.3. The molecule has 2 N–H and O–H groups in total. The summed E-state index contributed by atoms with van der Waals surface area (Å²) < 4.78 is 2.01. The second kappa shape index (κ2) is 8.65. The maximum absolute atomic E-state index is 12.6. The first-order chi connectivity index (χ1) is 14.8. The molecule has 0 unspecified atom stereocenters. The minimum absolute atomic E-state index is 0.00755. The van der Waals surface area contributed by atoms with Crippen LogP contribution < -0.4 is 10.7 Å². The van der Waals surface area contributed by atoms with E-state index >= 15 is 0 Å². The number of rotatable bonds is 5. The number of hydrazone groups is 1. The van der Waals surface area contributed by atoms with E-state index in [4.69, 9.17) is 0 Å². The monoisotopic (exact) mass is 421 g/mol. The maximum atomic E-state index is 12.6. The standard InChI is InChI=1S/C24H31N5O2/c1-24(2,3)16-7-11-18(12-8-16)29-21-6-4-5-20(19(21)15-25-29)26-22(30)13-9-17-10-14-23(31)28-27-17/h7-8,11-12,15,20H,4-6,9-10,13-14H2,1-3H3,(H,26,30)(H,28,31)/t20-/m1/s1. The van der Waals surface area contributed by atoms with Crippen LogP contribution in [0.15, 0.2) is 35.6 Å². The number of aromatic nitrogens is 2. The van der Waals surface area contributed by atoms with Crippen LogP contribution in [-0.2, 0) is 21.4 Å². The van der Waals surface area contributed by atoms with Crippen molar-refractivity contribution in [3.63, 3.8) is 0 Å². The van der Waals surface area contributed by atoms with Crippen LogP contribution in [-0.4, -0.2) is 27.3 Å². The topological polar surface area (TPSA) is 88.4 Å². The number of nitrogens with zero attached hydrogens (tertiary/aromatic N) is 3. The van der Waals surface area contributed by atoms with Crippen molar-refractivity contribution in [2.75, 3.05) is 0 Å². The number of benzene rings is 1. The molecule has 31 heavy (non-hydrogen) atoms. The lowest BCUT2D eigenvalue weighted by atomic mass is 9.87. The van der Waals surface area contributed by atoms with Gasteiger partial charge in [0.2, 0.25) is 11.8 Å². The molecule has 2 aromatic rings. The first-order valence-electron chi connectivity index (χ1n) is 11.1. The molecule has 1 atom stereocenters. The van der Waals surface area contributed by atoms with Crippen molar-refractivity contribution in [3.05, 3.63) is 47.3 Å². The van der Waals surface area contributed by atoms with Crippen molar-refractivity contribution in [3.8, 4) is 5.69 Å². The SMILES string of the molecule is CC(C)(C)c1ccc(-n2ncc3c2CCC[C@H]3NC(=O)CCC2=NNC(=O)CC2)cc1. The zero-order chi connectivity index (χ0) is 22.0. The number of hydrogen-bond acceptors (Lipinski definition) is 4. The number of hydrogen-bond donors (Lipinski definition) is 2. The van der Waals surface area contributed by atoms with E-state index in [-0.39, 0.29) is 23.3 Å². The fourth-order valence-electron chi connectivity index (χ4n) is 4.25. The Morgan fingerprint density at radius 3 is 2.65 bits per heavy atom. The summed E-state index contributed by atoms with van der Waals surface area (Å²) in [7, 11) is 0. The van der Waals surface area contributed by atoms with E-state index in [0.717, 1.165) is 36.2 Å². The third-order valence-electron chi connectivity index (χ3n) is 6.12. The lowest BCUT2D eigenvalue weighted by molar-refractivity contribution is -0.122. The zero-order valence-electron chi connectivity index (χ0n) is 18.6. The minimum atomic E-state index is -0.0620. The van der Waals surface area contributed by atoms with Gasteiger partial charge in [-0.2, -0.15) is 10.2 Å². The van der Waals surface area contributed by atoms with Crippen molar-refractivity contribution in [2.24, 2.45) is 5.10 Å². The molecular formula is C24H31N5O2. The first-order valence-corrected chi connectivity index (χ1v) is 11.1. The highest BCUT2D eigenvalue weighted by atomic mass is 16.2. The van der Waals surface area contributed by atoms with Crippen LogP contribution in [0.25, 0.3) is 5.69 Å². The number of carbonyl (C=O) groups is 2. The van der Waals surface area contributed by atoms with Crippen LogP contribution in [0, 0.1) is 0 Å². The molecule has 1 aromatic carbocycles. The number of nitrogens with one attached hydrogen (secondary N) is 2. The number of amides is 2. The van der Waals surface area contributed by atoms with Crippen molar-refractivity contribution < 1.29 is 9.59 Å². The molecule has 0 fully saturated rings. The molecule has 0 bridgehead atoms. The van der Waals surface area contributed by atoms with Gasteiger partial charge >= 0.3 is 0 Å². The molecule has 2 heterocycles. The van der Waals surface area contributed by atoms with Crippen molar-refractivity contribution >= 4 is 17.5 Å². The summed E-state index contributed by atoms with van der Waals surface area (Å²) in [5.74, 6) is -0.0484. The van der Waals surface area contributed by atoms with Gasteiger partial charge < -0.3 is 5.32 Å². The molecular weight excluding hydrogens is 390 g/mol. The maximum Gasteiger partial charge on any atom is 0.240 e. The highest BCUT2D eigenvalue weighted by Gasteiger charge is 2.26. The van der Waals surface area contributed by atoms with E-state index in [1.165, 1.54) is 11.3 Å². The van der Waals surface area contributed by atoms with Crippen molar-refractivity contribution in [1.82, 2.24) is 20.5 Å². The van der Waals surface area contributed by atoms with Gasteiger partial charge in [-0.3, -0.25) is 9.59 Å². The Kier molecular flexibility index (Phi) is 5.94. The summed E-state index contributed by atoms with van der Waals surface area (Å²) in [6.07, 6.45) is 6.83. The Hall–Kier alpha value is -2.96. The van der Waals surface area contributed by atoms with Gasteiger partial charge in [-0.25, -0.2) is 10.1 Å². The highest BCUT2D eigenvalue weighted by Crippen LogP contribution is 2.32. The quantitative estimate of drug-likeness (QED) is 0.771. The van der Waals surface area contributed by atoms with Crippen LogP contribution in [0.3, 0.4) is 0 Å². The van der Waals surface area contributed by atoms with Crippen LogP contribution >= 0.6 is 0 Å². The summed E-state index contributed by atoms with van der Waals surface area (Å²) in [4.78, 5) is 23.7. The van der Waals surface area contributed by atoms with Crippen LogP contribution in [0.1, 0.15) is 82.2 Å². The molecule has 164 valence electrons. The number of carbonyl (C=O) groups excluding carboxylic acids is 2. The van der Waals surface area contributed by atoms with Gasteiger partial charge in [0.05, 0.1) is 17.9 Å². The summed E-state index contributed by atoms with van der Waals surface area (Å²) >= 11 is 0. The van der Waals surface area contributed by atoms with E-state index in [9.17, 15) is 9.59 Å². The van der Waals surface area contributed by atoms with Gasteiger partial charge in [-0.05, 0) is 55.2 Å². The molecule has 2 amide bonds. The second-order valence-electron chi connectivity index (χ2n) is 9.48. The van der Waals surface area contributed by atoms with E-state index in [2.05, 4.69) is 66.0 Å². The van der Waals surface area contributed by atoms with Gasteiger partial charge in [0, 0.05) is 29.8 Å². The Bertz CT molecular complexity index is 998. The summed E-state index contributed by atoms with van der Waals surface area (Å²) in [6, 6.07) is 8.58. The lowest BCUT2D eigenvalue weighted by Gasteiger charge is -2.24. The molecule has 1 aliphatic carbocycles. The molecule has 0 radical (unpaired) electrons. The second-order valence-corrected chi connectivity index (χ2v) is 9.48. The third-order valence-corrected chi connectivity index (χ3v) is 6.12. The van der Waals surface area contributed by atoms with E-state index in [0.29, 0.717) is 25.7 Å². The molecule has 7 heteroatoms. The molecule has 0 spiro atoms. The summed E-state index contributed by atoms with van der Waals surface area (Å²) in [5.41, 5.74) is 8.13. The molecule has 2 aliphatic rings. The van der Waals surface area contributed by atoms with E-state index in [1.54, 1.807) is 0 Å². The van der Waals surface area contributed by atoms with Gasteiger partial charge in [0.15, 0.2) is 0 Å². The Balaban J connectivity index is 1.42. The smallest absolute Gasteiger partial charge is 0.240 e. The molecule has 1 aromatic heterocycles. The normalized spacial score (nSPS) is 18.7. The van der Waals surface area contributed by atoms with Gasteiger partial charge in [-0.1, -0.05) is 32.9 Å². The summed E-state index contributed by atoms with van der Waals surface area (Å²) in [5, 5.41) is 11.9. The minimum Gasteiger partial charge on any atom is -0.349 e.